The van der Waals surface area contributed by atoms with E-state index in [-0.39, 0.29) is 66.3 Å². The second-order valence-electron chi connectivity index (χ2n) is 12.2. The number of ether oxygens (including phenoxy) is 2. The van der Waals surface area contributed by atoms with E-state index < -0.39 is 0 Å². The number of fused-ring (bicyclic) bond motifs is 1. The number of hydrogen-bond acceptors (Lipinski definition) is 7. The summed E-state index contributed by atoms with van der Waals surface area (Å²) >= 11 is 0. The van der Waals surface area contributed by atoms with Crippen molar-refractivity contribution < 1.29 is 28.7 Å². The predicted molar refractivity (Wildman–Crippen MR) is 148 cm³/mol. The number of benzene rings is 1. The highest BCUT2D eigenvalue weighted by atomic mass is 16.5. The zero-order valence-corrected chi connectivity index (χ0v) is 24.0. The minimum absolute atomic E-state index is 0.0712. The SMILES string of the molecule is COc1ccc(C2=NN(C3CCN(C(=O)CN4C(=O)CC(C)(C)CC4=O)CC3)C(=O)[C@@H]3CCCC[C@H]23)cc1OC. The molecular formula is C30H40N4O6. The van der Waals surface area contributed by atoms with E-state index in [2.05, 4.69) is 0 Å². The summed E-state index contributed by atoms with van der Waals surface area (Å²) in [6.07, 6.45) is 5.56. The molecular weight excluding hydrogens is 512 g/mol. The van der Waals surface area contributed by atoms with E-state index in [4.69, 9.17) is 14.6 Å². The maximum atomic E-state index is 13.7. The van der Waals surface area contributed by atoms with Gasteiger partial charge in [-0.1, -0.05) is 26.7 Å². The van der Waals surface area contributed by atoms with E-state index in [1.807, 2.05) is 32.0 Å². The molecule has 0 spiro atoms. The number of carbonyl (C=O) groups is 4. The molecule has 2 atom stereocenters. The number of nitrogens with zero attached hydrogens (tertiary/aromatic N) is 4. The Kier molecular flexibility index (Phi) is 7.88. The molecule has 216 valence electrons. The number of methoxy groups -OCH3 is 2. The summed E-state index contributed by atoms with van der Waals surface area (Å²) in [5.74, 6) is 0.503. The van der Waals surface area contributed by atoms with Crippen LogP contribution in [0.1, 0.15) is 70.8 Å². The molecule has 3 fully saturated rings. The third-order valence-electron chi connectivity index (χ3n) is 8.87. The summed E-state index contributed by atoms with van der Waals surface area (Å²) < 4.78 is 11.0. The molecule has 1 aliphatic carbocycles. The Morgan fingerprint density at radius 1 is 0.925 bits per heavy atom. The van der Waals surface area contributed by atoms with Gasteiger partial charge in [-0.3, -0.25) is 24.1 Å². The van der Waals surface area contributed by atoms with Crippen LogP contribution in [0.25, 0.3) is 0 Å². The van der Waals surface area contributed by atoms with Crippen molar-refractivity contribution in [1.29, 1.82) is 0 Å². The predicted octanol–water partition coefficient (Wildman–Crippen LogP) is 3.22. The van der Waals surface area contributed by atoms with Gasteiger partial charge < -0.3 is 14.4 Å². The first-order valence-corrected chi connectivity index (χ1v) is 14.4. The minimum atomic E-state index is -0.374. The average Bonchev–Trinajstić information content (AvgIpc) is 2.94. The highest BCUT2D eigenvalue weighted by Gasteiger charge is 2.44. The van der Waals surface area contributed by atoms with Gasteiger partial charge in [0, 0.05) is 43.3 Å². The first kappa shape index (κ1) is 28.1. The number of carbonyl (C=O) groups excluding carboxylic acids is 4. The van der Waals surface area contributed by atoms with Crippen molar-refractivity contribution in [3.05, 3.63) is 23.8 Å². The van der Waals surface area contributed by atoms with Crippen LogP contribution < -0.4 is 9.47 Å². The van der Waals surface area contributed by atoms with Gasteiger partial charge in [-0.25, -0.2) is 5.01 Å². The summed E-state index contributed by atoms with van der Waals surface area (Å²) in [7, 11) is 3.21. The van der Waals surface area contributed by atoms with E-state index >= 15 is 0 Å². The molecule has 10 heteroatoms. The third-order valence-corrected chi connectivity index (χ3v) is 8.87. The van der Waals surface area contributed by atoms with E-state index in [0.29, 0.717) is 37.4 Å². The lowest BCUT2D eigenvalue weighted by molar-refractivity contribution is -0.157. The zero-order valence-electron chi connectivity index (χ0n) is 24.0. The van der Waals surface area contributed by atoms with Gasteiger partial charge in [0.25, 0.3) is 0 Å². The number of piperidine rings is 2. The standard InChI is InChI=1S/C30H40N4O6/c1-30(2)16-25(35)33(26(36)17-30)18-27(37)32-13-11-20(12-14-32)34-29(38)22-8-6-5-7-21(22)28(31-34)19-9-10-23(39-3)24(15-19)40-4/h9-10,15,20-22H,5-8,11-14,16-18H2,1-4H3/t21-,22+/m0/s1. The molecule has 40 heavy (non-hydrogen) atoms. The Morgan fingerprint density at radius 2 is 1.55 bits per heavy atom. The van der Waals surface area contributed by atoms with Crippen molar-refractivity contribution >= 4 is 29.3 Å². The van der Waals surface area contributed by atoms with Gasteiger partial charge in [0.05, 0.1) is 26.0 Å². The van der Waals surface area contributed by atoms with Gasteiger partial charge in [0.1, 0.15) is 6.54 Å². The number of rotatable bonds is 6. The Bertz CT molecular complexity index is 1200. The number of hydrazone groups is 1. The fourth-order valence-electron chi connectivity index (χ4n) is 6.67. The lowest BCUT2D eigenvalue weighted by atomic mass is 9.73. The molecule has 0 N–H and O–H groups in total. The molecule has 4 amide bonds. The number of hydrogen-bond donors (Lipinski definition) is 0. The summed E-state index contributed by atoms with van der Waals surface area (Å²) in [4.78, 5) is 54.6. The maximum absolute atomic E-state index is 13.7. The molecule has 1 saturated carbocycles. The minimum Gasteiger partial charge on any atom is -0.493 e. The van der Waals surface area contributed by atoms with Crippen molar-refractivity contribution in [3.8, 4) is 11.5 Å². The van der Waals surface area contributed by atoms with Crippen LogP contribution in [-0.2, 0) is 19.2 Å². The fourth-order valence-corrected chi connectivity index (χ4v) is 6.67. The zero-order chi connectivity index (χ0) is 28.6. The lowest BCUT2D eigenvalue weighted by Gasteiger charge is -2.43. The molecule has 1 aromatic carbocycles. The molecule has 0 unspecified atom stereocenters. The molecule has 0 aromatic heterocycles. The number of likely N-dealkylation sites (tertiary alicyclic amines) is 2. The Balaban J connectivity index is 1.30. The molecule has 5 rings (SSSR count). The Morgan fingerprint density at radius 3 is 2.17 bits per heavy atom. The van der Waals surface area contributed by atoms with E-state index in [1.165, 1.54) is 0 Å². The van der Waals surface area contributed by atoms with Crippen LogP contribution in [0.15, 0.2) is 23.3 Å². The Labute approximate surface area is 235 Å². The van der Waals surface area contributed by atoms with E-state index in [1.54, 1.807) is 24.1 Å². The largest absolute Gasteiger partial charge is 0.493 e. The highest BCUT2D eigenvalue weighted by Crippen LogP contribution is 2.40. The molecule has 3 heterocycles. The van der Waals surface area contributed by atoms with Crippen LogP contribution in [0.4, 0.5) is 0 Å². The van der Waals surface area contributed by atoms with Gasteiger partial charge in [-0.15, -0.1) is 0 Å². The van der Waals surface area contributed by atoms with Crippen LogP contribution in [0.2, 0.25) is 0 Å². The van der Waals surface area contributed by atoms with Gasteiger partial charge in [0.2, 0.25) is 23.6 Å². The topological polar surface area (TPSA) is 109 Å². The Hall–Kier alpha value is -3.43. The summed E-state index contributed by atoms with van der Waals surface area (Å²) in [6.45, 7) is 4.47. The van der Waals surface area contributed by atoms with Crippen molar-refractivity contribution in [3.63, 3.8) is 0 Å². The van der Waals surface area contributed by atoms with Crippen LogP contribution in [0, 0.1) is 17.3 Å². The van der Waals surface area contributed by atoms with Crippen molar-refractivity contribution in [2.45, 2.75) is 71.3 Å². The molecule has 3 aliphatic heterocycles. The normalized spacial score (nSPS) is 25.4. The molecule has 0 bridgehead atoms. The molecule has 4 aliphatic rings. The number of imide groups is 1. The fraction of sp³-hybridized carbons (Fsp3) is 0.633. The summed E-state index contributed by atoms with van der Waals surface area (Å²) in [5.41, 5.74) is 1.47. The van der Waals surface area contributed by atoms with Gasteiger partial charge in [-0.05, 0) is 49.3 Å². The second kappa shape index (κ2) is 11.2. The van der Waals surface area contributed by atoms with Crippen LogP contribution in [0.3, 0.4) is 0 Å². The quantitative estimate of drug-likeness (QED) is 0.502. The molecule has 2 saturated heterocycles. The molecule has 0 radical (unpaired) electrons. The van der Waals surface area contributed by atoms with E-state index in [0.717, 1.165) is 41.9 Å². The van der Waals surface area contributed by atoms with Crippen molar-refractivity contribution in [2.75, 3.05) is 33.9 Å². The van der Waals surface area contributed by atoms with Crippen molar-refractivity contribution in [2.24, 2.45) is 22.4 Å². The average molecular weight is 553 g/mol. The van der Waals surface area contributed by atoms with Crippen LogP contribution >= 0.6 is 0 Å². The van der Waals surface area contributed by atoms with Gasteiger partial charge >= 0.3 is 0 Å². The van der Waals surface area contributed by atoms with Gasteiger partial charge in [0.15, 0.2) is 11.5 Å². The summed E-state index contributed by atoms with van der Waals surface area (Å²) in [6, 6.07) is 5.67. The second-order valence-corrected chi connectivity index (χ2v) is 12.2. The molecule has 1 aromatic rings. The third kappa shape index (κ3) is 5.45. The smallest absolute Gasteiger partial charge is 0.246 e. The van der Waals surface area contributed by atoms with Crippen LogP contribution in [-0.4, -0.2) is 84.0 Å². The first-order valence-electron chi connectivity index (χ1n) is 14.4. The van der Waals surface area contributed by atoms with Gasteiger partial charge in [-0.2, -0.15) is 5.10 Å². The van der Waals surface area contributed by atoms with Crippen molar-refractivity contribution in [1.82, 2.24) is 14.8 Å². The first-order chi connectivity index (χ1) is 19.1. The number of amides is 4. The lowest BCUT2D eigenvalue weighted by Crippen LogP contribution is -2.55. The van der Waals surface area contributed by atoms with Crippen LogP contribution in [0.5, 0.6) is 11.5 Å². The monoisotopic (exact) mass is 552 g/mol. The maximum Gasteiger partial charge on any atom is 0.246 e. The summed E-state index contributed by atoms with van der Waals surface area (Å²) in [5, 5.41) is 6.65. The molecule has 10 nitrogen and oxygen atoms in total. The van der Waals surface area contributed by atoms with E-state index in [9.17, 15) is 19.2 Å². The highest BCUT2D eigenvalue weighted by molar-refractivity contribution is 6.07.